The molecule has 0 amide bonds. The van der Waals surface area contributed by atoms with E-state index in [2.05, 4.69) is 4.90 Å². The van der Waals surface area contributed by atoms with Gasteiger partial charge in [-0.3, -0.25) is 4.90 Å². The minimum atomic E-state index is -0.812. The zero-order valence-corrected chi connectivity index (χ0v) is 8.58. The number of benzene rings is 1. The van der Waals surface area contributed by atoms with Gasteiger partial charge in [0.15, 0.2) is 11.6 Å². The number of rotatable bonds is 1. The third kappa shape index (κ3) is 1.87. The molecule has 1 aromatic rings. The summed E-state index contributed by atoms with van der Waals surface area (Å²) < 4.78 is 25.8. The van der Waals surface area contributed by atoms with Crippen LogP contribution in [0.5, 0.6) is 0 Å². The first-order chi connectivity index (χ1) is 7.09. The van der Waals surface area contributed by atoms with Crippen molar-refractivity contribution in [1.29, 1.82) is 0 Å². The van der Waals surface area contributed by atoms with Crippen LogP contribution in [0, 0.1) is 11.6 Å². The predicted molar refractivity (Wildman–Crippen MR) is 54.3 cm³/mol. The summed E-state index contributed by atoms with van der Waals surface area (Å²) in [7, 11) is 1.94. The van der Waals surface area contributed by atoms with Crippen LogP contribution in [0.25, 0.3) is 0 Å². The summed E-state index contributed by atoms with van der Waals surface area (Å²) in [5, 5.41) is 0. The summed E-state index contributed by atoms with van der Waals surface area (Å²) in [6, 6.07) is 4.00. The molecule has 2 N–H and O–H groups in total. The molecule has 82 valence electrons. The molecule has 0 unspecified atom stereocenters. The quantitative estimate of drug-likeness (QED) is 0.767. The van der Waals surface area contributed by atoms with Crippen molar-refractivity contribution in [3.63, 3.8) is 0 Å². The van der Waals surface area contributed by atoms with E-state index in [9.17, 15) is 8.78 Å². The van der Waals surface area contributed by atoms with Crippen molar-refractivity contribution < 1.29 is 8.78 Å². The van der Waals surface area contributed by atoms with Gasteiger partial charge in [-0.2, -0.15) is 0 Å². The van der Waals surface area contributed by atoms with Gasteiger partial charge in [0.1, 0.15) is 0 Å². The second kappa shape index (κ2) is 3.87. The fourth-order valence-electron chi connectivity index (χ4n) is 2.17. The van der Waals surface area contributed by atoms with Crippen LogP contribution < -0.4 is 5.73 Å². The van der Waals surface area contributed by atoms with E-state index in [-0.39, 0.29) is 12.1 Å². The highest BCUT2D eigenvalue weighted by Gasteiger charge is 2.30. The lowest BCUT2D eigenvalue weighted by atomic mass is 10.0. The Hall–Kier alpha value is -1.00. The van der Waals surface area contributed by atoms with Gasteiger partial charge in [0.25, 0.3) is 0 Å². The van der Waals surface area contributed by atoms with Crippen molar-refractivity contribution in [3.8, 4) is 0 Å². The first kappa shape index (κ1) is 10.5. The molecule has 1 aliphatic rings. The molecular weight excluding hydrogens is 198 g/mol. The first-order valence-electron chi connectivity index (χ1n) is 5.00. The van der Waals surface area contributed by atoms with Crippen LogP contribution in [0.3, 0.4) is 0 Å². The second-order valence-corrected chi connectivity index (χ2v) is 4.05. The Morgan fingerprint density at radius 1 is 1.33 bits per heavy atom. The van der Waals surface area contributed by atoms with Crippen LogP contribution in [0.1, 0.15) is 18.0 Å². The zero-order chi connectivity index (χ0) is 11.0. The van der Waals surface area contributed by atoms with E-state index in [1.165, 1.54) is 6.07 Å². The summed E-state index contributed by atoms with van der Waals surface area (Å²) >= 11 is 0. The van der Waals surface area contributed by atoms with Gasteiger partial charge in [0.2, 0.25) is 0 Å². The Morgan fingerprint density at radius 2 is 2.07 bits per heavy atom. The zero-order valence-electron chi connectivity index (χ0n) is 8.58. The molecule has 0 bridgehead atoms. The van der Waals surface area contributed by atoms with Crippen molar-refractivity contribution in [3.05, 3.63) is 35.4 Å². The van der Waals surface area contributed by atoms with Gasteiger partial charge in [-0.15, -0.1) is 0 Å². The molecule has 4 heteroatoms. The minimum absolute atomic E-state index is 0.0000926. The van der Waals surface area contributed by atoms with Crippen LogP contribution in [-0.4, -0.2) is 24.5 Å². The van der Waals surface area contributed by atoms with E-state index in [0.29, 0.717) is 0 Å². The lowest BCUT2D eigenvalue weighted by molar-refractivity contribution is 0.303. The number of likely N-dealkylation sites (N-methyl/N-ethyl adjacent to an activating group) is 1. The van der Waals surface area contributed by atoms with Gasteiger partial charge < -0.3 is 5.73 Å². The van der Waals surface area contributed by atoms with E-state index in [0.717, 1.165) is 24.6 Å². The van der Waals surface area contributed by atoms with Crippen molar-refractivity contribution in [2.24, 2.45) is 5.73 Å². The smallest absolute Gasteiger partial charge is 0.159 e. The lowest BCUT2D eigenvalue weighted by Gasteiger charge is -2.23. The summed E-state index contributed by atoms with van der Waals surface area (Å²) in [6.07, 6.45) is 0.889. The Labute approximate surface area is 87.7 Å². The molecule has 0 aliphatic carbocycles. The fraction of sp³-hybridized carbons (Fsp3) is 0.455. The number of likely N-dealkylation sites (tertiary alicyclic amines) is 1. The van der Waals surface area contributed by atoms with Crippen LogP contribution in [0.15, 0.2) is 18.2 Å². The van der Waals surface area contributed by atoms with Gasteiger partial charge in [0, 0.05) is 18.6 Å². The van der Waals surface area contributed by atoms with Crippen LogP contribution >= 0.6 is 0 Å². The number of nitrogens with two attached hydrogens (primary N) is 1. The molecule has 0 aromatic heterocycles. The molecular formula is C11H14F2N2. The molecule has 15 heavy (non-hydrogen) atoms. The van der Waals surface area contributed by atoms with Gasteiger partial charge in [-0.25, -0.2) is 8.78 Å². The average Bonchev–Trinajstić information content (AvgIpc) is 2.52. The molecule has 1 aliphatic heterocycles. The molecule has 2 atom stereocenters. The van der Waals surface area contributed by atoms with Gasteiger partial charge in [0.05, 0.1) is 0 Å². The van der Waals surface area contributed by atoms with Gasteiger partial charge >= 0.3 is 0 Å². The minimum Gasteiger partial charge on any atom is -0.326 e. The maximum Gasteiger partial charge on any atom is 0.159 e. The SMILES string of the molecule is CN1CC[C@H](N)[C@@H]1c1ccc(F)c(F)c1. The topological polar surface area (TPSA) is 29.3 Å². The molecule has 0 saturated carbocycles. The average molecular weight is 212 g/mol. The molecule has 0 spiro atoms. The number of halogens is 2. The fourth-order valence-corrected chi connectivity index (χ4v) is 2.17. The Morgan fingerprint density at radius 3 is 2.60 bits per heavy atom. The molecule has 1 aromatic carbocycles. The highest BCUT2D eigenvalue weighted by Crippen LogP contribution is 2.30. The van der Waals surface area contributed by atoms with Crippen molar-refractivity contribution in [1.82, 2.24) is 4.90 Å². The van der Waals surface area contributed by atoms with E-state index in [1.54, 1.807) is 6.07 Å². The highest BCUT2D eigenvalue weighted by atomic mass is 19.2. The van der Waals surface area contributed by atoms with Crippen LogP contribution in [0.2, 0.25) is 0 Å². The van der Waals surface area contributed by atoms with Gasteiger partial charge in [-0.05, 0) is 31.2 Å². The number of hydrogen-bond acceptors (Lipinski definition) is 2. The highest BCUT2D eigenvalue weighted by molar-refractivity contribution is 5.23. The maximum absolute atomic E-state index is 13.1. The Kier molecular flexibility index (Phi) is 2.71. The van der Waals surface area contributed by atoms with Gasteiger partial charge in [-0.1, -0.05) is 6.07 Å². The standard InChI is InChI=1S/C11H14F2N2/c1-15-5-4-10(14)11(15)7-2-3-8(12)9(13)6-7/h2-3,6,10-11H,4-5,14H2,1H3/t10-,11-/m0/s1. The van der Waals surface area contributed by atoms with Crippen molar-refractivity contribution >= 4 is 0 Å². The maximum atomic E-state index is 13.1. The Bertz CT molecular complexity index is 358. The van der Waals surface area contributed by atoms with E-state index < -0.39 is 11.6 Å². The van der Waals surface area contributed by atoms with E-state index >= 15 is 0 Å². The molecule has 1 heterocycles. The normalized spacial score (nSPS) is 27.2. The monoisotopic (exact) mass is 212 g/mol. The summed E-state index contributed by atoms with van der Waals surface area (Å²) in [5.41, 5.74) is 6.68. The largest absolute Gasteiger partial charge is 0.326 e. The second-order valence-electron chi connectivity index (χ2n) is 4.05. The van der Waals surface area contributed by atoms with E-state index in [4.69, 9.17) is 5.73 Å². The van der Waals surface area contributed by atoms with E-state index in [1.807, 2.05) is 7.05 Å². The molecule has 2 nitrogen and oxygen atoms in total. The summed E-state index contributed by atoms with van der Waals surface area (Å²) in [5.74, 6) is -1.62. The molecule has 1 fully saturated rings. The van der Waals surface area contributed by atoms with Crippen molar-refractivity contribution in [2.45, 2.75) is 18.5 Å². The van der Waals surface area contributed by atoms with Crippen LogP contribution in [-0.2, 0) is 0 Å². The molecule has 0 radical (unpaired) electrons. The van der Waals surface area contributed by atoms with Crippen LogP contribution in [0.4, 0.5) is 8.78 Å². The molecule has 2 rings (SSSR count). The summed E-state index contributed by atoms with van der Waals surface area (Å²) in [6.45, 7) is 0.894. The predicted octanol–water partition coefficient (Wildman–Crippen LogP) is 1.67. The van der Waals surface area contributed by atoms with Crippen molar-refractivity contribution in [2.75, 3.05) is 13.6 Å². The molecule has 1 saturated heterocycles. The third-order valence-corrected chi connectivity index (χ3v) is 2.98. The lowest BCUT2D eigenvalue weighted by Crippen LogP contribution is -2.29. The third-order valence-electron chi connectivity index (χ3n) is 2.98. The number of hydrogen-bond donors (Lipinski definition) is 1. The summed E-state index contributed by atoms with van der Waals surface area (Å²) in [4.78, 5) is 2.07. The first-order valence-corrected chi connectivity index (χ1v) is 5.00. The Balaban J connectivity index is 2.32. The number of nitrogens with zero attached hydrogens (tertiary/aromatic N) is 1.